The number of carbonyl (C=O) groups excluding carboxylic acids is 1. The number of carbonyl (C=O) groups is 1. The van der Waals surface area contributed by atoms with Crippen LogP contribution in [0.1, 0.15) is 43.1 Å². The Labute approximate surface area is 240 Å². The van der Waals surface area contributed by atoms with Gasteiger partial charge in [0.05, 0.1) is 24.8 Å². The number of anilines is 2. The van der Waals surface area contributed by atoms with Gasteiger partial charge in [0.2, 0.25) is 0 Å². The lowest BCUT2D eigenvalue weighted by Crippen LogP contribution is -2.54. The van der Waals surface area contributed by atoms with Crippen LogP contribution in [0.4, 0.5) is 11.5 Å². The smallest absolute Gasteiger partial charge is 0.256 e. The number of piperazine rings is 1. The molecule has 1 aromatic heterocycles. The molecule has 1 aliphatic heterocycles. The third kappa shape index (κ3) is 5.46. The molecule has 2 atom stereocenters. The molecule has 0 spiro atoms. The number of hydrogen-bond acceptors (Lipinski definition) is 6. The lowest BCUT2D eigenvalue weighted by molar-refractivity contribution is 0.102. The van der Waals surface area contributed by atoms with E-state index in [1.54, 1.807) is 14.2 Å². The average Bonchev–Trinajstić information content (AvgIpc) is 3.34. The molecule has 5 rings (SSSR count). The van der Waals surface area contributed by atoms with Gasteiger partial charge in [-0.3, -0.25) is 9.89 Å². The van der Waals surface area contributed by atoms with E-state index in [0.717, 1.165) is 65.0 Å². The number of ether oxygens (including phenoxy) is 2. The number of nitrogens with zero attached hydrogens (tertiary/aromatic N) is 2. The monoisotopic (exact) mass is 561 g/mol. The summed E-state index contributed by atoms with van der Waals surface area (Å²) in [5.41, 5.74) is 5.28. The molecule has 2 heterocycles. The molecule has 0 unspecified atom stereocenters. The number of fused-ring (bicyclic) bond motifs is 1. The zero-order chi connectivity index (χ0) is 28.4. The number of benzene rings is 3. The van der Waals surface area contributed by atoms with E-state index in [1.807, 2.05) is 48.5 Å². The highest BCUT2D eigenvalue weighted by Gasteiger charge is 2.22. The van der Waals surface area contributed by atoms with Crippen molar-refractivity contribution in [1.82, 2.24) is 15.5 Å². The topological polar surface area (TPSA) is 91.5 Å². The first-order valence-electron chi connectivity index (χ1n) is 13.7. The minimum Gasteiger partial charge on any atom is -0.496 e. The van der Waals surface area contributed by atoms with E-state index >= 15 is 0 Å². The summed E-state index contributed by atoms with van der Waals surface area (Å²) < 4.78 is 11.2. The maximum absolute atomic E-state index is 13.1. The van der Waals surface area contributed by atoms with Crippen molar-refractivity contribution in [1.29, 1.82) is 0 Å². The van der Waals surface area contributed by atoms with Crippen molar-refractivity contribution in [3.63, 3.8) is 0 Å². The van der Waals surface area contributed by atoms with Crippen molar-refractivity contribution in [2.45, 2.75) is 45.7 Å². The second kappa shape index (κ2) is 11.8. The molecule has 0 saturated carbocycles. The predicted octanol–water partition coefficient (Wildman–Crippen LogP) is 6.29. The summed E-state index contributed by atoms with van der Waals surface area (Å²) in [5, 5.41) is 15.3. The summed E-state index contributed by atoms with van der Waals surface area (Å²) in [6.07, 6.45) is 1.74. The van der Waals surface area contributed by atoms with E-state index in [1.165, 1.54) is 0 Å². The molecule has 9 heteroatoms. The van der Waals surface area contributed by atoms with Crippen LogP contribution in [-0.2, 0) is 6.42 Å². The van der Waals surface area contributed by atoms with Crippen molar-refractivity contribution in [3.8, 4) is 22.6 Å². The van der Waals surface area contributed by atoms with E-state index in [2.05, 4.69) is 46.5 Å². The van der Waals surface area contributed by atoms with Gasteiger partial charge in [-0.25, -0.2) is 0 Å². The van der Waals surface area contributed by atoms with Gasteiger partial charge >= 0.3 is 0 Å². The first-order valence-corrected chi connectivity index (χ1v) is 14.0. The molecule has 1 aliphatic rings. The van der Waals surface area contributed by atoms with Crippen LogP contribution in [0.2, 0.25) is 5.02 Å². The summed E-state index contributed by atoms with van der Waals surface area (Å²) in [6.45, 7) is 8.37. The molecule has 0 aliphatic carbocycles. The number of hydrogen-bond donors (Lipinski definition) is 3. The van der Waals surface area contributed by atoms with Gasteiger partial charge in [-0.15, -0.1) is 0 Å². The minimum absolute atomic E-state index is 0.211. The molecule has 1 amide bonds. The fourth-order valence-electron chi connectivity index (χ4n) is 5.59. The van der Waals surface area contributed by atoms with Gasteiger partial charge < -0.3 is 25.0 Å². The molecular formula is C31H36ClN5O3. The number of halogens is 1. The fraction of sp³-hybridized carbons (Fsp3) is 0.355. The van der Waals surface area contributed by atoms with E-state index in [9.17, 15) is 4.79 Å². The van der Waals surface area contributed by atoms with Crippen LogP contribution in [0.25, 0.3) is 22.0 Å². The highest BCUT2D eigenvalue weighted by Crippen LogP contribution is 2.44. The standard InChI is InChI=1S/C31H36ClN5O3/c1-6-7-24-26(39-4)15-27(40-5)29(32)28(24)21-10-13-23-25(14-21)35-36-30(23)34-31(38)20-8-11-22(12-9-20)37-16-18(2)33-19(3)17-37/h8-15,18-19,33H,6-7,16-17H2,1-5H3,(H2,34,35,36,38)/t18-,19+. The highest BCUT2D eigenvalue weighted by molar-refractivity contribution is 6.35. The molecule has 1 fully saturated rings. The first kappa shape index (κ1) is 27.8. The Kier molecular flexibility index (Phi) is 8.19. The van der Waals surface area contributed by atoms with Crippen molar-refractivity contribution < 1.29 is 14.3 Å². The Bertz CT molecular complexity index is 1510. The van der Waals surface area contributed by atoms with Gasteiger partial charge in [-0.05, 0) is 62.2 Å². The van der Waals surface area contributed by atoms with Gasteiger partial charge in [0.15, 0.2) is 5.82 Å². The summed E-state index contributed by atoms with van der Waals surface area (Å²) in [4.78, 5) is 15.5. The molecule has 8 nitrogen and oxygen atoms in total. The summed E-state index contributed by atoms with van der Waals surface area (Å²) in [5.74, 6) is 1.56. The molecule has 4 aromatic rings. The molecule has 1 saturated heterocycles. The second-order valence-electron chi connectivity index (χ2n) is 10.4. The van der Waals surface area contributed by atoms with E-state index in [0.29, 0.717) is 34.2 Å². The molecule has 0 radical (unpaired) electrons. The van der Waals surface area contributed by atoms with Crippen molar-refractivity contribution in [2.24, 2.45) is 0 Å². The number of H-pyrrole nitrogens is 1. The van der Waals surface area contributed by atoms with Crippen molar-refractivity contribution in [3.05, 3.63) is 64.7 Å². The van der Waals surface area contributed by atoms with Gasteiger partial charge in [0, 0.05) is 59.0 Å². The Hall–Kier alpha value is -3.75. The number of aromatic nitrogens is 2. The summed E-state index contributed by atoms with van der Waals surface area (Å²) >= 11 is 6.81. The fourth-order valence-corrected chi connectivity index (χ4v) is 5.94. The van der Waals surface area contributed by atoms with Crippen LogP contribution < -0.4 is 25.0 Å². The third-order valence-electron chi connectivity index (χ3n) is 7.37. The Morgan fingerprint density at radius 3 is 2.40 bits per heavy atom. The lowest BCUT2D eigenvalue weighted by Gasteiger charge is -2.37. The van der Waals surface area contributed by atoms with Gasteiger partial charge in [0.25, 0.3) is 5.91 Å². The summed E-state index contributed by atoms with van der Waals surface area (Å²) in [7, 11) is 3.24. The van der Waals surface area contributed by atoms with Crippen LogP contribution >= 0.6 is 11.6 Å². The van der Waals surface area contributed by atoms with E-state index < -0.39 is 0 Å². The second-order valence-corrected chi connectivity index (χ2v) is 10.8. The normalized spacial score (nSPS) is 17.2. The van der Waals surface area contributed by atoms with Crippen molar-refractivity contribution >= 4 is 39.9 Å². The number of rotatable bonds is 8. The Balaban J connectivity index is 1.39. The van der Waals surface area contributed by atoms with E-state index in [4.69, 9.17) is 21.1 Å². The first-order chi connectivity index (χ1) is 19.3. The van der Waals surface area contributed by atoms with Crippen LogP contribution in [0.5, 0.6) is 11.5 Å². The van der Waals surface area contributed by atoms with Crippen molar-refractivity contribution in [2.75, 3.05) is 37.5 Å². The molecule has 3 aromatic carbocycles. The number of nitrogens with one attached hydrogen (secondary N) is 3. The van der Waals surface area contributed by atoms with E-state index in [-0.39, 0.29) is 5.91 Å². The quantitative estimate of drug-likeness (QED) is 0.234. The maximum Gasteiger partial charge on any atom is 0.256 e. The SMILES string of the molecule is CCCc1c(OC)cc(OC)c(Cl)c1-c1ccc2c(NC(=O)c3ccc(N4C[C@@H](C)N[C@@H](C)C4)cc3)n[nH]c2c1. The molecular weight excluding hydrogens is 526 g/mol. The average molecular weight is 562 g/mol. The van der Waals surface area contributed by atoms with Gasteiger partial charge in [0.1, 0.15) is 11.5 Å². The number of aromatic amines is 1. The third-order valence-corrected chi connectivity index (χ3v) is 7.75. The van der Waals surface area contributed by atoms with Crippen LogP contribution in [0.15, 0.2) is 48.5 Å². The Morgan fingerprint density at radius 1 is 1.05 bits per heavy atom. The number of amides is 1. The molecule has 0 bridgehead atoms. The zero-order valence-electron chi connectivity index (χ0n) is 23.6. The largest absolute Gasteiger partial charge is 0.496 e. The van der Waals surface area contributed by atoms with Gasteiger partial charge in [-0.2, -0.15) is 5.10 Å². The lowest BCUT2D eigenvalue weighted by atomic mass is 9.94. The Morgan fingerprint density at radius 2 is 1.75 bits per heavy atom. The highest BCUT2D eigenvalue weighted by atomic mass is 35.5. The predicted molar refractivity (Wildman–Crippen MR) is 162 cm³/mol. The van der Waals surface area contributed by atoms with Crippen LogP contribution in [-0.4, -0.2) is 55.5 Å². The van der Waals surface area contributed by atoms with Crippen LogP contribution in [0, 0.1) is 0 Å². The molecule has 3 N–H and O–H groups in total. The molecule has 40 heavy (non-hydrogen) atoms. The minimum atomic E-state index is -0.211. The zero-order valence-corrected chi connectivity index (χ0v) is 24.4. The maximum atomic E-state index is 13.1. The number of methoxy groups -OCH3 is 2. The van der Waals surface area contributed by atoms with Crippen LogP contribution in [0.3, 0.4) is 0 Å². The van der Waals surface area contributed by atoms with Gasteiger partial charge in [-0.1, -0.05) is 31.0 Å². The summed E-state index contributed by atoms with van der Waals surface area (Å²) in [6, 6.07) is 16.3. The molecule has 210 valence electrons.